The second-order valence-corrected chi connectivity index (χ2v) is 12.5. The van der Waals surface area contributed by atoms with Crippen LogP contribution < -0.4 is 9.46 Å². The van der Waals surface area contributed by atoms with Crippen molar-refractivity contribution in [2.45, 2.75) is 39.1 Å². The molecule has 0 saturated carbocycles. The molecule has 2 aromatic carbocycles. The summed E-state index contributed by atoms with van der Waals surface area (Å²) >= 11 is 6.57. The largest absolute Gasteiger partial charge is 0.491 e. The molecule has 222 valence electrons. The van der Waals surface area contributed by atoms with Gasteiger partial charge in [0.2, 0.25) is 15.8 Å². The Labute approximate surface area is 246 Å². The van der Waals surface area contributed by atoms with Crippen molar-refractivity contribution in [1.82, 2.24) is 9.97 Å². The highest BCUT2D eigenvalue weighted by atomic mass is 35.5. The maximum absolute atomic E-state index is 15.3. The number of ether oxygens (including phenoxy) is 3. The van der Waals surface area contributed by atoms with Gasteiger partial charge in [0.1, 0.15) is 29.9 Å². The number of carbonyl (C=O) groups excluding carboxylic acids is 1. The number of aromatic amines is 1. The summed E-state index contributed by atoms with van der Waals surface area (Å²) in [5.41, 5.74) is -0.0217. The van der Waals surface area contributed by atoms with E-state index in [2.05, 4.69) is 14.7 Å². The van der Waals surface area contributed by atoms with Gasteiger partial charge >= 0.3 is 0 Å². The second-order valence-electron chi connectivity index (χ2n) is 10.3. The van der Waals surface area contributed by atoms with Crippen LogP contribution in [0.5, 0.6) is 5.75 Å². The molecule has 0 radical (unpaired) electrons. The van der Waals surface area contributed by atoms with Crippen LogP contribution in [0, 0.1) is 11.6 Å². The number of carbonyl (C=O) groups is 1. The van der Waals surface area contributed by atoms with Crippen LogP contribution in [0.3, 0.4) is 0 Å². The normalized spacial score (nSPS) is 16.6. The van der Waals surface area contributed by atoms with Crippen LogP contribution in [-0.4, -0.2) is 55.0 Å². The first-order valence-corrected chi connectivity index (χ1v) is 15.2. The molecule has 0 amide bonds. The Morgan fingerprint density at radius 3 is 2.71 bits per heavy atom. The highest BCUT2D eigenvalue weighted by Gasteiger charge is 2.33. The van der Waals surface area contributed by atoms with E-state index in [0.29, 0.717) is 39.5 Å². The van der Waals surface area contributed by atoms with Crippen molar-refractivity contribution in [2.75, 3.05) is 23.7 Å². The number of aromatic nitrogens is 2. The first-order valence-electron chi connectivity index (χ1n) is 13.1. The van der Waals surface area contributed by atoms with E-state index < -0.39 is 44.5 Å². The number of nitrogens with one attached hydrogen (secondary N) is 2. The Kier molecular flexibility index (Phi) is 8.26. The molecule has 13 heteroatoms. The molecule has 0 aliphatic carbocycles. The number of H-pyrrole nitrogens is 1. The fraction of sp³-hybridized carbons (Fsp3) is 0.310. The van der Waals surface area contributed by atoms with Crippen molar-refractivity contribution in [3.63, 3.8) is 0 Å². The van der Waals surface area contributed by atoms with E-state index in [0.717, 1.165) is 12.1 Å². The number of pyridine rings is 1. The van der Waals surface area contributed by atoms with Gasteiger partial charge in [-0.2, -0.15) is 0 Å². The van der Waals surface area contributed by atoms with E-state index in [1.54, 1.807) is 37.4 Å². The number of nitrogens with zero attached hydrogens (tertiary/aromatic N) is 1. The molecule has 5 rings (SSSR count). The van der Waals surface area contributed by atoms with Crippen LogP contribution in [0.4, 0.5) is 14.5 Å². The lowest BCUT2D eigenvalue weighted by molar-refractivity contribution is -0.141. The molecule has 2 N–H and O–H groups in total. The van der Waals surface area contributed by atoms with Crippen molar-refractivity contribution in [1.29, 1.82) is 0 Å². The first kappa shape index (κ1) is 29.9. The van der Waals surface area contributed by atoms with Gasteiger partial charge in [0.25, 0.3) is 0 Å². The smallest absolute Gasteiger partial charge is 0.232 e. The zero-order valence-electron chi connectivity index (χ0n) is 23.0. The Morgan fingerprint density at radius 1 is 1.24 bits per heavy atom. The van der Waals surface area contributed by atoms with Crippen molar-refractivity contribution in [3.8, 4) is 16.9 Å². The average molecular weight is 620 g/mol. The average Bonchev–Trinajstić information content (AvgIpc) is 3.51. The molecule has 9 nitrogen and oxygen atoms in total. The number of benzene rings is 2. The number of rotatable bonds is 10. The molecule has 1 fully saturated rings. The zero-order chi connectivity index (χ0) is 30.2. The standard InChI is InChI=1S/C29H28ClF2N3O6S/c1-4-9-42(37,38)35-24-8-7-23(31)25(26(24)32)27(36)21-13-34-28-20(21)10-16(12-33-28)19-6-5-17(11-22(19)30)39-14-18-15-40-29(2,3)41-18/h5-8,10-13,18,35H,4,9,14-15H2,1-3H3,(H,33,34). The Hall–Kier alpha value is -3.58. The van der Waals surface area contributed by atoms with Gasteiger partial charge in [-0.05, 0) is 56.7 Å². The van der Waals surface area contributed by atoms with Crippen LogP contribution >= 0.6 is 11.6 Å². The van der Waals surface area contributed by atoms with Gasteiger partial charge in [-0.15, -0.1) is 0 Å². The monoisotopic (exact) mass is 619 g/mol. The Bertz CT molecular complexity index is 1780. The molecule has 1 unspecified atom stereocenters. The van der Waals surface area contributed by atoms with E-state index >= 15 is 4.39 Å². The van der Waals surface area contributed by atoms with Crippen LogP contribution in [0.25, 0.3) is 22.2 Å². The van der Waals surface area contributed by atoms with Gasteiger partial charge in [-0.1, -0.05) is 18.5 Å². The predicted molar refractivity (Wildman–Crippen MR) is 154 cm³/mol. The molecule has 42 heavy (non-hydrogen) atoms. The molecule has 0 spiro atoms. The topological polar surface area (TPSA) is 120 Å². The third-order valence-electron chi connectivity index (χ3n) is 6.59. The summed E-state index contributed by atoms with van der Waals surface area (Å²) in [6.45, 7) is 5.99. The Balaban J connectivity index is 1.42. The maximum atomic E-state index is 15.3. The summed E-state index contributed by atoms with van der Waals surface area (Å²) in [4.78, 5) is 20.6. The van der Waals surface area contributed by atoms with Gasteiger partial charge in [-0.25, -0.2) is 22.2 Å². The van der Waals surface area contributed by atoms with Crippen molar-refractivity contribution in [2.24, 2.45) is 0 Å². The summed E-state index contributed by atoms with van der Waals surface area (Å²) in [5, 5.41) is 0.649. The van der Waals surface area contributed by atoms with Crippen LogP contribution in [-0.2, 0) is 19.5 Å². The van der Waals surface area contributed by atoms with Gasteiger partial charge in [-0.3, -0.25) is 9.52 Å². The molecule has 2 aromatic heterocycles. The fourth-order valence-electron chi connectivity index (χ4n) is 4.65. The minimum atomic E-state index is -3.88. The lowest BCUT2D eigenvalue weighted by atomic mass is 9.99. The van der Waals surface area contributed by atoms with Crippen molar-refractivity contribution < 1.29 is 36.2 Å². The lowest BCUT2D eigenvalue weighted by Gasteiger charge is -2.17. The number of fused-ring (bicyclic) bond motifs is 1. The maximum Gasteiger partial charge on any atom is 0.232 e. The molecular formula is C29H28ClF2N3O6S. The Morgan fingerprint density at radius 2 is 2.02 bits per heavy atom. The third-order valence-corrected chi connectivity index (χ3v) is 8.38. The SMILES string of the molecule is CCCS(=O)(=O)Nc1ccc(F)c(C(=O)c2c[nH]c3ncc(-c4ccc(OCC5COC(C)(C)O5)cc4Cl)cc23)c1F. The molecule has 3 heterocycles. The first-order chi connectivity index (χ1) is 19.9. The summed E-state index contributed by atoms with van der Waals surface area (Å²) in [6, 6.07) is 8.51. The minimum absolute atomic E-state index is 0.0523. The van der Waals surface area contributed by atoms with E-state index in [1.165, 1.54) is 6.20 Å². The zero-order valence-corrected chi connectivity index (χ0v) is 24.5. The van der Waals surface area contributed by atoms with Gasteiger partial charge < -0.3 is 19.2 Å². The minimum Gasteiger partial charge on any atom is -0.491 e. The van der Waals surface area contributed by atoms with Gasteiger partial charge in [0.15, 0.2) is 11.6 Å². The van der Waals surface area contributed by atoms with E-state index in [4.69, 9.17) is 25.8 Å². The number of sulfonamides is 1. The van der Waals surface area contributed by atoms with Crippen molar-refractivity contribution >= 4 is 44.1 Å². The van der Waals surface area contributed by atoms with E-state index in [9.17, 15) is 17.6 Å². The molecule has 4 aromatic rings. The molecule has 1 saturated heterocycles. The number of hydrogen-bond acceptors (Lipinski definition) is 7. The lowest BCUT2D eigenvalue weighted by Crippen LogP contribution is -2.25. The summed E-state index contributed by atoms with van der Waals surface area (Å²) in [6.07, 6.45) is 2.91. The van der Waals surface area contributed by atoms with Crippen LogP contribution in [0.1, 0.15) is 43.1 Å². The summed E-state index contributed by atoms with van der Waals surface area (Å²) in [5.74, 6) is -3.83. The predicted octanol–water partition coefficient (Wildman–Crippen LogP) is 6.07. The number of halogens is 3. The fourth-order valence-corrected chi connectivity index (χ4v) is 6.07. The molecule has 1 aliphatic rings. The summed E-state index contributed by atoms with van der Waals surface area (Å²) < 4.78 is 73.6. The quantitative estimate of drug-likeness (QED) is 0.207. The number of hydrogen-bond donors (Lipinski definition) is 2. The van der Waals surface area contributed by atoms with Gasteiger partial charge in [0.05, 0.1) is 28.6 Å². The highest BCUT2D eigenvalue weighted by Crippen LogP contribution is 2.34. The van der Waals surface area contributed by atoms with E-state index in [-0.39, 0.29) is 30.4 Å². The van der Waals surface area contributed by atoms with E-state index in [1.807, 2.05) is 13.8 Å². The summed E-state index contributed by atoms with van der Waals surface area (Å²) in [7, 11) is -3.88. The highest BCUT2D eigenvalue weighted by molar-refractivity contribution is 7.92. The number of anilines is 1. The van der Waals surface area contributed by atoms with Crippen LogP contribution in [0.2, 0.25) is 5.02 Å². The molecule has 1 aliphatic heterocycles. The third kappa shape index (κ3) is 6.26. The van der Waals surface area contributed by atoms with Gasteiger partial charge in [0, 0.05) is 34.5 Å². The molecule has 0 bridgehead atoms. The molecular weight excluding hydrogens is 592 g/mol. The number of ketones is 1. The van der Waals surface area contributed by atoms with Crippen molar-refractivity contribution in [3.05, 3.63) is 76.6 Å². The second kappa shape index (κ2) is 11.6. The molecule has 1 atom stereocenters. The van der Waals surface area contributed by atoms with Crippen LogP contribution in [0.15, 0.2) is 48.8 Å².